The zero-order valence-electron chi connectivity index (χ0n) is 12.3. The molecule has 2 heterocycles. The molecule has 0 radical (unpaired) electrons. The van der Waals surface area contributed by atoms with Crippen molar-refractivity contribution in [2.75, 3.05) is 20.2 Å². The molecule has 4 rings (SSSR count). The summed E-state index contributed by atoms with van der Waals surface area (Å²) >= 11 is 0. The van der Waals surface area contributed by atoms with E-state index in [-0.39, 0.29) is 0 Å². The van der Waals surface area contributed by atoms with Gasteiger partial charge < -0.3 is 14.5 Å². The molecular weight excluding hydrogens is 276 g/mol. The second-order valence-corrected chi connectivity index (χ2v) is 5.26. The summed E-state index contributed by atoms with van der Waals surface area (Å²) in [6.07, 6.45) is 1.79. The first-order valence-electron chi connectivity index (χ1n) is 7.29. The summed E-state index contributed by atoms with van der Waals surface area (Å²) in [6.45, 7) is 1.68. The Labute approximate surface area is 128 Å². The Kier molecular flexibility index (Phi) is 3.07. The predicted octanol–water partition coefficient (Wildman–Crippen LogP) is 3.46. The number of hydrogen-bond acceptors (Lipinski definition) is 4. The van der Waals surface area contributed by atoms with Gasteiger partial charge in [0.1, 0.15) is 5.75 Å². The van der Waals surface area contributed by atoms with E-state index in [9.17, 15) is 0 Å². The molecule has 2 aromatic carbocycles. The highest BCUT2D eigenvalue weighted by molar-refractivity contribution is 6.08. The average Bonchev–Trinajstić information content (AvgIpc) is 3.23. The molecule has 0 aliphatic carbocycles. The van der Waals surface area contributed by atoms with Crippen LogP contribution in [-0.2, 0) is 0 Å². The predicted molar refractivity (Wildman–Crippen MR) is 87.6 cm³/mol. The molecule has 1 aliphatic rings. The van der Waals surface area contributed by atoms with Gasteiger partial charge in [0.2, 0.25) is 0 Å². The molecule has 0 amide bonds. The zero-order chi connectivity index (χ0) is 14.9. The first-order valence-corrected chi connectivity index (χ1v) is 7.29. The molecule has 0 spiro atoms. The van der Waals surface area contributed by atoms with E-state index in [1.54, 1.807) is 13.4 Å². The summed E-state index contributed by atoms with van der Waals surface area (Å²) in [5.41, 5.74) is 2.26. The lowest BCUT2D eigenvalue weighted by atomic mass is 10.0. The van der Waals surface area contributed by atoms with E-state index in [2.05, 4.69) is 34.6 Å². The Morgan fingerprint density at radius 1 is 1.14 bits per heavy atom. The van der Waals surface area contributed by atoms with E-state index < -0.39 is 0 Å². The fourth-order valence-corrected chi connectivity index (χ4v) is 2.77. The summed E-state index contributed by atoms with van der Waals surface area (Å²) in [7, 11) is 1.68. The van der Waals surface area contributed by atoms with Crippen molar-refractivity contribution in [2.24, 2.45) is 4.99 Å². The van der Waals surface area contributed by atoms with Crippen LogP contribution in [0.4, 0.5) is 0 Å². The number of nitrogens with zero attached hydrogens (tertiary/aromatic N) is 1. The topological polar surface area (TPSA) is 46.8 Å². The van der Waals surface area contributed by atoms with Crippen molar-refractivity contribution in [3.05, 3.63) is 54.5 Å². The lowest BCUT2D eigenvalue weighted by Crippen LogP contribution is -2.18. The molecule has 0 unspecified atom stereocenters. The molecule has 3 aromatic rings. The van der Waals surface area contributed by atoms with Crippen LogP contribution in [0.1, 0.15) is 5.76 Å². The van der Waals surface area contributed by atoms with Gasteiger partial charge in [-0.05, 0) is 35.4 Å². The molecule has 4 nitrogen and oxygen atoms in total. The van der Waals surface area contributed by atoms with Crippen molar-refractivity contribution in [3.8, 4) is 16.9 Å². The Morgan fingerprint density at radius 3 is 2.86 bits per heavy atom. The number of furan rings is 1. The van der Waals surface area contributed by atoms with Crippen LogP contribution in [0.3, 0.4) is 0 Å². The van der Waals surface area contributed by atoms with Crippen LogP contribution >= 0.6 is 0 Å². The lowest BCUT2D eigenvalue weighted by molar-refractivity contribution is 0.415. The normalized spacial score (nSPS) is 14.0. The summed E-state index contributed by atoms with van der Waals surface area (Å²) in [4.78, 5) is 4.43. The van der Waals surface area contributed by atoms with Crippen molar-refractivity contribution < 1.29 is 9.15 Å². The van der Waals surface area contributed by atoms with Gasteiger partial charge in [0.25, 0.3) is 0 Å². The minimum Gasteiger partial charge on any atom is -0.497 e. The highest BCUT2D eigenvalue weighted by Crippen LogP contribution is 2.29. The van der Waals surface area contributed by atoms with E-state index in [4.69, 9.17) is 9.15 Å². The first-order chi connectivity index (χ1) is 10.8. The molecule has 110 valence electrons. The van der Waals surface area contributed by atoms with Gasteiger partial charge in [-0.3, -0.25) is 4.99 Å². The van der Waals surface area contributed by atoms with Crippen molar-refractivity contribution in [2.45, 2.75) is 0 Å². The second-order valence-electron chi connectivity index (χ2n) is 5.26. The highest BCUT2D eigenvalue weighted by atomic mass is 16.5. The number of methoxy groups -OCH3 is 1. The van der Waals surface area contributed by atoms with Gasteiger partial charge in [-0.15, -0.1) is 0 Å². The maximum atomic E-state index is 5.72. The van der Waals surface area contributed by atoms with Gasteiger partial charge in [-0.1, -0.05) is 18.2 Å². The zero-order valence-corrected chi connectivity index (χ0v) is 12.3. The summed E-state index contributed by atoms with van der Waals surface area (Å²) < 4.78 is 11.0. The van der Waals surface area contributed by atoms with Crippen LogP contribution in [0.15, 0.2) is 58.1 Å². The van der Waals surface area contributed by atoms with Crippen LogP contribution in [0.5, 0.6) is 5.75 Å². The van der Waals surface area contributed by atoms with E-state index in [0.29, 0.717) is 0 Å². The molecule has 4 heteroatoms. The van der Waals surface area contributed by atoms with Crippen molar-refractivity contribution >= 4 is 16.6 Å². The quantitative estimate of drug-likeness (QED) is 0.804. The van der Waals surface area contributed by atoms with E-state index in [1.165, 1.54) is 0 Å². The molecule has 0 fully saturated rings. The average molecular weight is 292 g/mol. The maximum absolute atomic E-state index is 5.72. The number of aliphatic imine (C=N–C) groups is 1. The van der Waals surface area contributed by atoms with Gasteiger partial charge in [0.05, 0.1) is 19.9 Å². The van der Waals surface area contributed by atoms with E-state index >= 15 is 0 Å². The van der Waals surface area contributed by atoms with Gasteiger partial charge in [-0.2, -0.15) is 0 Å². The fraction of sp³-hybridized carbons (Fsp3) is 0.167. The van der Waals surface area contributed by atoms with Gasteiger partial charge >= 0.3 is 0 Å². The van der Waals surface area contributed by atoms with Crippen molar-refractivity contribution in [3.63, 3.8) is 0 Å². The molecular formula is C18H16N2O2. The number of hydrogen-bond donors (Lipinski definition) is 1. The van der Waals surface area contributed by atoms with Crippen LogP contribution in [-0.4, -0.2) is 26.0 Å². The third-order valence-corrected chi connectivity index (χ3v) is 3.89. The number of benzene rings is 2. The second kappa shape index (κ2) is 5.22. The first kappa shape index (κ1) is 13.0. The Morgan fingerprint density at radius 2 is 2.05 bits per heavy atom. The summed E-state index contributed by atoms with van der Waals surface area (Å²) in [5.74, 6) is 2.53. The third-order valence-electron chi connectivity index (χ3n) is 3.89. The molecule has 1 aromatic heterocycles. The maximum Gasteiger partial charge on any atom is 0.176 e. The van der Waals surface area contributed by atoms with Crippen LogP contribution in [0, 0.1) is 0 Å². The van der Waals surface area contributed by atoms with E-state index in [0.717, 1.165) is 52.3 Å². The third kappa shape index (κ3) is 2.13. The Balaban J connectivity index is 1.78. The fourth-order valence-electron chi connectivity index (χ4n) is 2.77. The van der Waals surface area contributed by atoms with Crippen LogP contribution in [0.25, 0.3) is 21.9 Å². The van der Waals surface area contributed by atoms with Crippen LogP contribution in [0.2, 0.25) is 0 Å². The monoisotopic (exact) mass is 292 g/mol. The highest BCUT2D eigenvalue weighted by Gasteiger charge is 2.15. The number of nitrogens with one attached hydrogen (secondary N) is 1. The number of fused-ring (bicyclic) bond motifs is 1. The van der Waals surface area contributed by atoms with Crippen molar-refractivity contribution in [1.29, 1.82) is 0 Å². The molecule has 1 N–H and O–H groups in total. The minimum absolute atomic E-state index is 0.805. The number of rotatable bonds is 3. The van der Waals surface area contributed by atoms with Gasteiger partial charge in [-0.25, -0.2) is 0 Å². The molecule has 1 aliphatic heterocycles. The minimum atomic E-state index is 0.805. The summed E-state index contributed by atoms with van der Waals surface area (Å²) in [5, 5.41) is 5.41. The largest absolute Gasteiger partial charge is 0.497 e. The van der Waals surface area contributed by atoms with Crippen LogP contribution < -0.4 is 10.1 Å². The van der Waals surface area contributed by atoms with E-state index in [1.807, 2.05) is 18.2 Å². The standard InChI is InChI=1S/C18H16N2O2/c1-21-15-4-2-3-12(10-15)13-5-6-16-14(9-13)11-22-17(16)18-19-7-8-20-18/h2-6,9-11H,7-8H2,1H3,(H,19,20). The summed E-state index contributed by atoms with van der Waals surface area (Å²) in [6, 6.07) is 14.4. The number of amidine groups is 1. The molecule has 0 atom stereocenters. The van der Waals surface area contributed by atoms with Gasteiger partial charge in [0.15, 0.2) is 11.6 Å². The van der Waals surface area contributed by atoms with Gasteiger partial charge in [0, 0.05) is 17.3 Å². The smallest absolute Gasteiger partial charge is 0.176 e. The lowest BCUT2D eigenvalue weighted by Gasteiger charge is -2.05. The Bertz CT molecular complexity index is 864. The number of ether oxygens (including phenoxy) is 1. The SMILES string of the molecule is COc1cccc(-c2ccc3c(C4=NCCN4)occ3c2)c1. The molecule has 22 heavy (non-hydrogen) atoms. The molecule has 0 saturated heterocycles. The Hall–Kier alpha value is -2.75. The molecule has 0 saturated carbocycles. The molecule has 0 bridgehead atoms. The van der Waals surface area contributed by atoms with Crippen molar-refractivity contribution in [1.82, 2.24) is 5.32 Å².